The predicted molar refractivity (Wildman–Crippen MR) is 102 cm³/mol. The number of nitrogens with zero attached hydrogens (tertiary/aromatic N) is 1. The molecule has 1 aromatic heterocycles. The number of hydrogen-bond acceptors (Lipinski definition) is 4. The third-order valence-electron chi connectivity index (χ3n) is 4.44. The number of aromatic nitrogens is 1. The first-order chi connectivity index (χ1) is 11.7. The van der Waals surface area contributed by atoms with Gasteiger partial charge in [0.1, 0.15) is 11.4 Å². The Hall–Kier alpha value is -2.08. The van der Waals surface area contributed by atoms with E-state index in [4.69, 9.17) is 9.47 Å². The van der Waals surface area contributed by atoms with Crippen molar-refractivity contribution in [2.24, 2.45) is 5.41 Å². The van der Waals surface area contributed by atoms with Crippen molar-refractivity contribution in [1.29, 1.82) is 0 Å². The first-order valence-corrected chi connectivity index (χ1v) is 8.71. The van der Waals surface area contributed by atoms with Gasteiger partial charge in [0.25, 0.3) is 0 Å². The van der Waals surface area contributed by atoms with Crippen LogP contribution in [0.4, 0.5) is 5.69 Å². The van der Waals surface area contributed by atoms with Gasteiger partial charge >= 0.3 is 0 Å². The van der Waals surface area contributed by atoms with E-state index in [1.54, 1.807) is 18.3 Å². The van der Waals surface area contributed by atoms with Gasteiger partial charge < -0.3 is 14.8 Å². The SMILES string of the molecule is COc1cc(NC(=O)C(C)(C)C(C)(C)Oc2cccc(Br)c2)ccn1. The number of nitrogens with one attached hydrogen (secondary N) is 1. The van der Waals surface area contributed by atoms with Crippen molar-refractivity contribution in [3.63, 3.8) is 0 Å². The summed E-state index contributed by atoms with van der Waals surface area (Å²) < 4.78 is 12.1. The summed E-state index contributed by atoms with van der Waals surface area (Å²) >= 11 is 3.43. The largest absolute Gasteiger partial charge is 0.487 e. The van der Waals surface area contributed by atoms with Crippen molar-refractivity contribution in [3.05, 3.63) is 47.1 Å². The van der Waals surface area contributed by atoms with E-state index >= 15 is 0 Å². The second-order valence-corrected chi connectivity index (χ2v) is 7.65. The van der Waals surface area contributed by atoms with Crippen LogP contribution < -0.4 is 14.8 Å². The smallest absolute Gasteiger partial charge is 0.234 e. The molecule has 25 heavy (non-hydrogen) atoms. The fourth-order valence-corrected chi connectivity index (χ4v) is 2.49. The van der Waals surface area contributed by atoms with Crippen molar-refractivity contribution in [1.82, 2.24) is 4.98 Å². The second kappa shape index (κ2) is 7.44. The van der Waals surface area contributed by atoms with Crippen LogP contribution in [0.15, 0.2) is 47.1 Å². The van der Waals surface area contributed by atoms with Crippen LogP contribution in [0.25, 0.3) is 0 Å². The van der Waals surface area contributed by atoms with Crippen LogP contribution in [0.3, 0.4) is 0 Å². The zero-order valence-corrected chi connectivity index (χ0v) is 16.7. The highest BCUT2D eigenvalue weighted by atomic mass is 79.9. The molecule has 1 N–H and O–H groups in total. The van der Waals surface area contributed by atoms with Crippen molar-refractivity contribution < 1.29 is 14.3 Å². The molecule has 134 valence electrons. The van der Waals surface area contributed by atoms with Gasteiger partial charge in [0.15, 0.2) is 0 Å². The van der Waals surface area contributed by atoms with Crippen LogP contribution in [0.2, 0.25) is 0 Å². The number of methoxy groups -OCH3 is 1. The number of rotatable bonds is 6. The van der Waals surface area contributed by atoms with Crippen LogP contribution in [-0.4, -0.2) is 23.6 Å². The molecule has 0 radical (unpaired) electrons. The van der Waals surface area contributed by atoms with Crippen LogP contribution >= 0.6 is 15.9 Å². The van der Waals surface area contributed by atoms with Crippen LogP contribution in [0.5, 0.6) is 11.6 Å². The monoisotopic (exact) mass is 406 g/mol. The normalized spacial score (nSPS) is 11.8. The number of ether oxygens (including phenoxy) is 2. The molecule has 0 atom stereocenters. The summed E-state index contributed by atoms with van der Waals surface area (Å²) in [6.07, 6.45) is 1.59. The molecule has 2 aromatic rings. The molecular formula is C19H23BrN2O3. The molecular weight excluding hydrogens is 384 g/mol. The Morgan fingerprint density at radius 1 is 1.16 bits per heavy atom. The van der Waals surface area contributed by atoms with Crippen molar-refractivity contribution >= 4 is 27.5 Å². The molecule has 0 fully saturated rings. The van der Waals surface area contributed by atoms with E-state index in [-0.39, 0.29) is 5.91 Å². The highest BCUT2D eigenvalue weighted by Gasteiger charge is 2.45. The van der Waals surface area contributed by atoms with E-state index < -0.39 is 11.0 Å². The molecule has 6 heteroatoms. The van der Waals surface area contributed by atoms with Crippen molar-refractivity contribution in [3.8, 4) is 11.6 Å². The number of halogens is 1. The van der Waals surface area contributed by atoms with Gasteiger partial charge in [0.2, 0.25) is 11.8 Å². The quantitative estimate of drug-likeness (QED) is 0.756. The van der Waals surface area contributed by atoms with E-state index in [2.05, 4.69) is 26.2 Å². The van der Waals surface area contributed by atoms with Gasteiger partial charge in [0.05, 0.1) is 12.5 Å². The van der Waals surface area contributed by atoms with Gasteiger partial charge in [-0.25, -0.2) is 4.98 Å². The van der Waals surface area contributed by atoms with Gasteiger partial charge in [-0.3, -0.25) is 4.79 Å². The molecule has 5 nitrogen and oxygen atoms in total. The van der Waals surface area contributed by atoms with Gasteiger partial charge in [-0.2, -0.15) is 0 Å². The minimum Gasteiger partial charge on any atom is -0.487 e. The van der Waals surface area contributed by atoms with Crippen LogP contribution in [0.1, 0.15) is 27.7 Å². The van der Waals surface area contributed by atoms with Crippen molar-refractivity contribution in [2.45, 2.75) is 33.3 Å². The molecule has 0 saturated heterocycles. The third kappa shape index (κ3) is 4.51. The summed E-state index contributed by atoms with van der Waals surface area (Å²) in [5.74, 6) is 0.992. The lowest BCUT2D eigenvalue weighted by atomic mass is 9.76. The summed E-state index contributed by atoms with van der Waals surface area (Å²) in [6.45, 7) is 7.53. The number of benzene rings is 1. The molecule has 0 aliphatic rings. The lowest BCUT2D eigenvalue weighted by Crippen LogP contribution is -2.51. The number of carbonyl (C=O) groups excluding carboxylic acids is 1. The Kier molecular flexibility index (Phi) is 5.72. The predicted octanol–water partition coefficient (Wildman–Crippen LogP) is 4.68. The Labute approximate surface area is 156 Å². The molecule has 1 heterocycles. The number of carbonyl (C=O) groups is 1. The summed E-state index contributed by atoms with van der Waals surface area (Å²) in [7, 11) is 1.53. The van der Waals surface area contributed by atoms with E-state index in [0.717, 1.165) is 4.47 Å². The van der Waals surface area contributed by atoms with Gasteiger partial charge in [0, 0.05) is 22.4 Å². The molecule has 1 aromatic carbocycles. The van der Waals surface area contributed by atoms with E-state index in [1.807, 2.05) is 52.0 Å². The average molecular weight is 407 g/mol. The highest BCUT2D eigenvalue weighted by molar-refractivity contribution is 9.10. The zero-order valence-electron chi connectivity index (χ0n) is 15.1. The fraction of sp³-hybridized carbons (Fsp3) is 0.368. The number of hydrogen-bond donors (Lipinski definition) is 1. The van der Waals surface area contributed by atoms with Gasteiger partial charge in [-0.15, -0.1) is 0 Å². The fourth-order valence-electron chi connectivity index (χ4n) is 2.11. The maximum atomic E-state index is 12.9. The first-order valence-electron chi connectivity index (χ1n) is 7.92. The van der Waals surface area contributed by atoms with E-state index in [1.165, 1.54) is 7.11 Å². The maximum Gasteiger partial charge on any atom is 0.234 e. The molecule has 0 unspecified atom stereocenters. The molecule has 0 saturated carbocycles. The Morgan fingerprint density at radius 3 is 2.52 bits per heavy atom. The van der Waals surface area contributed by atoms with E-state index in [9.17, 15) is 4.79 Å². The molecule has 1 amide bonds. The Bertz CT molecular complexity index is 760. The van der Waals surface area contributed by atoms with Crippen LogP contribution in [-0.2, 0) is 4.79 Å². The molecule has 2 rings (SSSR count). The lowest BCUT2D eigenvalue weighted by Gasteiger charge is -2.40. The summed E-state index contributed by atoms with van der Waals surface area (Å²) in [6, 6.07) is 11.0. The zero-order chi connectivity index (χ0) is 18.7. The van der Waals surface area contributed by atoms with Crippen molar-refractivity contribution in [2.75, 3.05) is 12.4 Å². The molecule has 0 spiro atoms. The number of amides is 1. The minimum absolute atomic E-state index is 0.152. The van der Waals surface area contributed by atoms with Gasteiger partial charge in [-0.05, 0) is 52.0 Å². The summed E-state index contributed by atoms with van der Waals surface area (Å²) in [5.41, 5.74) is -0.913. The Morgan fingerprint density at radius 2 is 1.88 bits per heavy atom. The molecule has 0 bridgehead atoms. The topological polar surface area (TPSA) is 60.5 Å². The summed E-state index contributed by atoms with van der Waals surface area (Å²) in [5, 5.41) is 2.91. The second-order valence-electron chi connectivity index (χ2n) is 6.74. The maximum absolute atomic E-state index is 12.9. The molecule has 0 aliphatic heterocycles. The Balaban J connectivity index is 2.17. The minimum atomic E-state index is -0.800. The summed E-state index contributed by atoms with van der Waals surface area (Å²) in [4.78, 5) is 16.9. The number of anilines is 1. The van der Waals surface area contributed by atoms with Crippen LogP contribution in [0, 0.1) is 5.41 Å². The first kappa shape index (κ1) is 19.2. The third-order valence-corrected chi connectivity index (χ3v) is 4.94. The highest BCUT2D eigenvalue weighted by Crippen LogP contribution is 2.36. The average Bonchev–Trinajstić information content (AvgIpc) is 2.54. The van der Waals surface area contributed by atoms with Gasteiger partial charge in [-0.1, -0.05) is 22.0 Å². The van der Waals surface area contributed by atoms with E-state index in [0.29, 0.717) is 17.3 Å². The lowest BCUT2D eigenvalue weighted by molar-refractivity contribution is -0.134. The standard InChI is InChI=1S/C19H23BrN2O3/c1-18(2,17(23)22-14-9-10-21-16(12-14)24-5)19(3,4)25-15-8-6-7-13(20)11-15/h6-12H,1-5H3,(H,21,22,23). The number of pyridine rings is 1. The molecule has 0 aliphatic carbocycles.